The molecule has 0 atom stereocenters. The summed E-state index contributed by atoms with van der Waals surface area (Å²) in [7, 11) is 0. The van der Waals surface area contributed by atoms with Gasteiger partial charge in [0, 0.05) is 31.4 Å². The summed E-state index contributed by atoms with van der Waals surface area (Å²) in [6.45, 7) is 1.51. The lowest BCUT2D eigenvalue weighted by Crippen LogP contribution is -2.50. The minimum atomic E-state index is -0.465. The molecule has 0 radical (unpaired) electrons. The number of ether oxygens (including phenoxy) is 1. The quantitative estimate of drug-likeness (QED) is 0.858. The van der Waals surface area contributed by atoms with Crippen LogP contribution in [-0.4, -0.2) is 60.5 Å². The average Bonchev–Trinajstić information content (AvgIpc) is 2.78. The summed E-state index contributed by atoms with van der Waals surface area (Å²) in [5.74, 6) is 0. The van der Waals surface area contributed by atoms with E-state index in [0.717, 1.165) is 17.7 Å². The van der Waals surface area contributed by atoms with Crippen LogP contribution >= 0.6 is 0 Å². The molecule has 1 N–H and O–H groups in total. The first-order valence-corrected chi connectivity index (χ1v) is 8.20. The molecule has 1 aromatic carbocycles. The Bertz CT molecular complexity index is 626. The highest BCUT2D eigenvalue weighted by Gasteiger charge is 2.31. The van der Waals surface area contributed by atoms with Gasteiger partial charge in [-0.2, -0.15) is 0 Å². The molecule has 24 heavy (non-hydrogen) atoms. The van der Waals surface area contributed by atoms with Crippen molar-refractivity contribution in [2.24, 2.45) is 0 Å². The van der Waals surface area contributed by atoms with Crippen LogP contribution in [-0.2, 0) is 16.0 Å². The van der Waals surface area contributed by atoms with E-state index in [0.29, 0.717) is 38.8 Å². The maximum Gasteiger partial charge on any atom is 0.410 e. The molecule has 3 rings (SSSR count). The monoisotopic (exact) mass is 331 g/mol. The summed E-state index contributed by atoms with van der Waals surface area (Å²) in [5, 5.41) is 2.97. The van der Waals surface area contributed by atoms with Crippen LogP contribution in [0.1, 0.15) is 18.4 Å². The summed E-state index contributed by atoms with van der Waals surface area (Å²) in [4.78, 5) is 38.0. The number of hydrogen-bond acceptors (Lipinski definition) is 4. The Labute approximate surface area is 140 Å². The van der Waals surface area contributed by atoms with Crippen LogP contribution in [0.25, 0.3) is 0 Å². The van der Waals surface area contributed by atoms with Gasteiger partial charge in [0.05, 0.1) is 0 Å². The molecule has 2 heterocycles. The van der Waals surface area contributed by atoms with Gasteiger partial charge in [0.25, 0.3) is 0 Å². The largest absolute Gasteiger partial charge is 0.442 e. The second kappa shape index (κ2) is 7.33. The van der Waals surface area contributed by atoms with E-state index in [2.05, 4.69) is 5.32 Å². The molecule has 0 unspecified atom stereocenters. The van der Waals surface area contributed by atoms with Crippen molar-refractivity contribution in [1.29, 1.82) is 0 Å². The number of urea groups is 1. The van der Waals surface area contributed by atoms with Crippen LogP contribution in [0.4, 0.5) is 15.3 Å². The Morgan fingerprint density at radius 2 is 2.00 bits per heavy atom. The van der Waals surface area contributed by atoms with Crippen molar-refractivity contribution in [3.05, 3.63) is 29.8 Å². The predicted molar refractivity (Wildman–Crippen MR) is 87.9 cm³/mol. The molecule has 7 heteroatoms. The molecule has 0 aromatic heterocycles. The van der Waals surface area contributed by atoms with E-state index in [9.17, 15) is 14.4 Å². The fourth-order valence-electron chi connectivity index (χ4n) is 3.29. The van der Waals surface area contributed by atoms with Crippen LogP contribution in [0.5, 0.6) is 0 Å². The van der Waals surface area contributed by atoms with Gasteiger partial charge in [-0.05, 0) is 30.9 Å². The highest BCUT2D eigenvalue weighted by atomic mass is 16.6. The number of anilines is 1. The Hall–Kier alpha value is -2.57. The van der Waals surface area contributed by atoms with E-state index in [-0.39, 0.29) is 18.7 Å². The fraction of sp³-hybridized carbons (Fsp3) is 0.471. The predicted octanol–water partition coefficient (Wildman–Crippen LogP) is 1.88. The summed E-state index contributed by atoms with van der Waals surface area (Å²) in [6, 6.07) is 7.87. The van der Waals surface area contributed by atoms with Gasteiger partial charge >= 0.3 is 12.1 Å². The zero-order chi connectivity index (χ0) is 16.9. The van der Waals surface area contributed by atoms with Gasteiger partial charge in [0.15, 0.2) is 6.29 Å². The van der Waals surface area contributed by atoms with Crippen molar-refractivity contribution in [3.63, 3.8) is 0 Å². The first kappa shape index (κ1) is 16.3. The van der Waals surface area contributed by atoms with Crippen LogP contribution in [0.3, 0.4) is 0 Å². The average molecular weight is 331 g/mol. The third kappa shape index (κ3) is 3.50. The van der Waals surface area contributed by atoms with Gasteiger partial charge in [0.1, 0.15) is 6.61 Å². The van der Waals surface area contributed by atoms with E-state index in [4.69, 9.17) is 4.74 Å². The molecule has 2 aliphatic heterocycles. The molecule has 1 saturated heterocycles. The number of fused-ring (bicyclic) bond motifs is 1. The Kier molecular flexibility index (Phi) is 4.98. The molecule has 1 aromatic rings. The van der Waals surface area contributed by atoms with Crippen molar-refractivity contribution in [2.45, 2.75) is 25.3 Å². The molecule has 0 spiro atoms. The zero-order valence-corrected chi connectivity index (χ0v) is 13.4. The maximum absolute atomic E-state index is 12.5. The normalized spacial score (nSPS) is 18.4. The van der Waals surface area contributed by atoms with Gasteiger partial charge in [0.2, 0.25) is 0 Å². The fourth-order valence-corrected chi connectivity index (χ4v) is 3.29. The second-order valence-electron chi connectivity index (χ2n) is 5.99. The van der Waals surface area contributed by atoms with Crippen molar-refractivity contribution in [1.82, 2.24) is 9.80 Å². The number of nitrogens with one attached hydrogen (secondary N) is 1. The summed E-state index contributed by atoms with van der Waals surface area (Å²) >= 11 is 0. The topological polar surface area (TPSA) is 79.0 Å². The van der Waals surface area contributed by atoms with Crippen LogP contribution in [0.15, 0.2) is 24.3 Å². The van der Waals surface area contributed by atoms with Crippen molar-refractivity contribution in [3.8, 4) is 0 Å². The number of benzene rings is 1. The molecule has 1 fully saturated rings. The molecular weight excluding hydrogens is 310 g/mol. The van der Waals surface area contributed by atoms with Gasteiger partial charge in [-0.15, -0.1) is 0 Å². The van der Waals surface area contributed by atoms with Crippen LogP contribution in [0, 0.1) is 0 Å². The lowest BCUT2D eigenvalue weighted by atomic mass is 10.0. The van der Waals surface area contributed by atoms with Crippen molar-refractivity contribution < 1.29 is 19.1 Å². The number of aldehydes is 1. The Morgan fingerprint density at radius 1 is 1.25 bits per heavy atom. The second-order valence-corrected chi connectivity index (χ2v) is 5.99. The SMILES string of the molecule is O=CCOC(=O)N1CCC(N2CCc3ccccc3NC2=O)CC1. The van der Waals surface area contributed by atoms with Gasteiger partial charge in [-0.25, -0.2) is 9.59 Å². The molecule has 7 nitrogen and oxygen atoms in total. The lowest BCUT2D eigenvalue weighted by molar-refractivity contribution is -0.110. The minimum Gasteiger partial charge on any atom is -0.442 e. The number of para-hydroxylation sites is 1. The third-order valence-corrected chi connectivity index (χ3v) is 4.58. The number of likely N-dealkylation sites (tertiary alicyclic amines) is 1. The number of amides is 3. The Balaban J connectivity index is 1.58. The zero-order valence-electron chi connectivity index (χ0n) is 13.4. The number of hydrogen-bond donors (Lipinski definition) is 1. The van der Waals surface area contributed by atoms with E-state index in [1.807, 2.05) is 29.2 Å². The number of carbonyl (C=O) groups is 3. The minimum absolute atomic E-state index is 0.0815. The standard InChI is InChI=1S/C17H21N3O4/c21-11-12-24-17(23)19-8-6-14(7-9-19)20-10-5-13-3-1-2-4-15(13)18-16(20)22/h1-4,11,14H,5-10,12H2,(H,18,22). The highest BCUT2D eigenvalue weighted by Crippen LogP contribution is 2.24. The molecular formula is C17H21N3O4. The maximum atomic E-state index is 12.5. The molecule has 3 amide bonds. The lowest BCUT2D eigenvalue weighted by Gasteiger charge is -2.37. The van der Waals surface area contributed by atoms with E-state index in [1.165, 1.54) is 0 Å². The van der Waals surface area contributed by atoms with E-state index in [1.54, 1.807) is 4.90 Å². The molecule has 0 bridgehead atoms. The number of nitrogens with zero attached hydrogens (tertiary/aromatic N) is 2. The first-order chi connectivity index (χ1) is 11.7. The molecule has 0 aliphatic carbocycles. The van der Waals surface area contributed by atoms with E-state index < -0.39 is 6.09 Å². The summed E-state index contributed by atoms with van der Waals surface area (Å²) in [5.41, 5.74) is 2.02. The Morgan fingerprint density at radius 3 is 2.75 bits per heavy atom. The van der Waals surface area contributed by atoms with Crippen molar-refractivity contribution >= 4 is 24.1 Å². The van der Waals surface area contributed by atoms with Crippen LogP contribution < -0.4 is 5.32 Å². The number of rotatable bonds is 3. The summed E-state index contributed by atoms with van der Waals surface area (Å²) < 4.78 is 4.82. The first-order valence-electron chi connectivity index (χ1n) is 8.20. The molecule has 2 aliphatic rings. The molecule has 128 valence electrons. The molecule has 0 saturated carbocycles. The highest BCUT2D eigenvalue weighted by molar-refractivity contribution is 5.91. The van der Waals surface area contributed by atoms with Crippen molar-refractivity contribution in [2.75, 3.05) is 31.6 Å². The van der Waals surface area contributed by atoms with Crippen LogP contribution in [0.2, 0.25) is 0 Å². The van der Waals surface area contributed by atoms with Gasteiger partial charge in [-0.3, -0.25) is 4.79 Å². The van der Waals surface area contributed by atoms with E-state index >= 15 is 0 Å². The third-order valence-electron chi connectivity index (χ3n) is 4.58. The smallest absolute Gasteiger partial charge is 0.410 e. The van der Waals surface area contributed by atoms with Gasteiger partial charge in [-0.1, -0.05) is 18.2 Å². The number of carbonyl (C=O) groups excluding carboxylic acids is 3. The number of piperidine rings is 1. The summed E-state index contributed by atoms with van der Waals surface area (Å²) in [6.07, 6.45) is 2.33. The van der Waals surface area contributed by atoms with Gasteiger partial charge < -0.3 is 19.9 Å².